The van der Waals surface area contributed by atoms with Gasteiger partial charge in [0, 0.05) is 22.2 Å². The lowest BCUT2D eigenvalue weighted by atomic mass is 10.1. The minimum atomic E-state index is -4.78. The summed E-state index contributed by atoms with van der Waals surface area (Å²) in [4.78, 5) is 23.0. The van der Waals surface area contributed by atoms with Gasteiger partial charge in [-0.15, -0.1) is 0 Å². The molecule has 3 aromatic rings. The van der Waals surface area contributed by atoms with Gasteiger partial charge in [-0.05, 0) is 55.5 Å². The maximum absolute atomic E-state index is 13.0. The number of halogens is 4. The van der Waals surface area contributed by atoms with Gasteiger partial charge >= 0.3 is 11.9 Å². The fraction of sp³-hybridized carbons (Fsp3) is 0.154. The van der Waals surface area contributed by atoms with Crippen LogP contribution < -0.4 is 19.6 Å². The summed E-state index contributed by atoms with van der Waals surface area (Å²) in [6, 6.07) is 10.6. The minimum Gasteiger partial charge on any atom is -0.490 e. The zero-order valence-electron chi connectivity index (χ0n) is 20.3. The Balaban J connectivity index is 1.82. The minimum absolute atomic E-state index is 0.0115. The molecule has 0 saturated heterocycles. The molecule has 13 heteroatoms. The summed E-state index contributed by atoms with van der Waals surface area (Å²) in [6.45, 7) is 5.94. The van der Waals surface area contributed by atoms with Gasteiger partial charge in [-0.1, -0.05) is 24.3 Å². The molecule has 1 amide bonds. The Morgan fingerprint density at radius 2 is 1.79 bits per heavy atom. The Labute approximate surface area is 225 Å². The second-order valence-electron chi connectivity index (χ2n) is 7.61. The van der Waals surface area contributed by atoms with Crippen LogP contribution in [-0.4, -0.2) is 30.3 Å². The van der Waals surface area contributed by atoms with Crippen molar-refractivity contribution in [1.29, 1.82) is 0 Å². The molecule has 0 bridgehead atoms. The molecule has 0 saturated carbocycles. The number of nitrogens with one attached hydrogen (secondary N) is 1. The van der Waals surface area contributed by atoms with E-state index < -0.39 is 34.0 Å². The molecule has 39 heavy (non-hydrogen) atoms. The van der Waals surface area contributed by atoms with Crippen molar-refractivity contribution in [2.75, 3.05) is 13.2 Å². The Morgan fingerprint density at radius 3 is 2.46 bits per heavy atom. The molecule has 0 aromatic heterocycles. The highest BCUT2D eigenvalue weighted by atomic mass is 35.5. The summed E-state index contributed by atoms with van der Waals surface area (Å²) in [7, 11) is 0. The Bertz CT molecular complexity index is 1410. The van der Waals surface area contributed by atoms with E-state index in [1.807, 2.05) is 0 Å². The van der Waals surface area contributed by atoms with Gasteiger partial charge in [0.15, 0.2) is 11.5 Å². The smallest absolute Gasteiger partial charge is 0.416 e. The van der Waals surface area contributed by atoms with Crippen molar-refractivity contribution in [1.82, 2.24) is 5.43 Å². The number of hydrogen-bond acceptors (Lipinski definition) is 7. The normalized spacial score (nSPS) is 11.2. The molecule has 9 nitrogen and oxygen atoms in total. The van der Waals surface area contributed by atoms with E-state index >= 15 is 0 Å². The Hall–Kier alpha value is -4.58. The topological polar surface area (TPSA) is 112 Å². The van der Waals surface area contributed by atoms with Crippen LogP contribution in [-0.2, 0) is 6.18 Å². The summed E-state index contributed by atoms with van der Waals surface area (Å²) >= 11 is 6.04. The van der Waals surface area contributed by atoms with E-state index in [0.29, 0.717) is 30.2 Å². The monoisotopic (exact) mass is 563 g/mol. The molecular weight excluding hydrogens is 543 g/mol. The number of alkyl halides is 3. The Morgan fingerprint density at radius 1 is 1.08 bits per heavy atom. The largest absolute Gasteiger partial charge is 0.490 e. The number of carbonyl (C=O) groups excluding carboxylic acids is 1. The number of benzene rings is 3. The molecule has 0 aliphatic carbocycles. The van der Waals surface area contributed by atoms with Crippen molar-refractivity contribution in [2.45, 2.75) is 13.1 Å². The molecule has 0 fully saturated rings. The number of hydrogen-bond donors (Lipinski definition) is 1. The lowest BCUT2D eigenvalue weighted by Crippen LogP contribution is -2.18. The molecular formula is C26H21ClF3N3O6. The third kappa shape index (κ3) is 7.71. The van der Waals surface area contributed by atoms with E-state index in [-0.39, 0.29) is 28.5 Å². The van der Waals surface area contributed by atoms with Crippen molar-refractivity contribution in [3.63, 3.8) is 0 Å². The second kappa shape index (κ2) is 12.8. The van der Waals surface area contributed by atoms with Gasteiger partial charge in [-0.25, -0.2) is 5.43 Å². The predicted molar refractivity (Wildman–Crippen MR) is 138 cm³/mol. The number of amides is 1. The van der Waals surface area contributed by atoms with Crippen LogP contribution in [0.1, 0.15) is 28.4 Å². The average Bonchev–Trinajstić information content (AvgIpc) is 2.89. The first-order valence-electron chi connectivity index (χ1n) is 11.2. The van der Waals surface area contributed by atoms with E-state index in [1.165, 1.54) is 36.5 Å². The van der Waals surface area contributed by atoms with Gasteiger partial charge in [0.1, 0.15) is 12.4 Å². The van der Waals surface area contributed by atoms with Crippen molar-refractivity contribution in [2.24, 2.45) is 5.10 Å². The molecule has 0 unspecified atom stereocenters. The second-order valence-corrected chi connectivity index (χ2v) is 8.05. The first-order chi connectivity index (χ1) is 18.5. The SMILES string of the molecule is C=CCOc1ccc(C(=O)N/N=C/c2cc(Cl)ccc2Oc2ccc(C(F)(F)F)cc2[N+](=O)[O-])cc1OCC. The van der Waals surface area contributed by atoms with Crippen LogP contribution in [0.2, 0.25) is 5.02 Å². The van der Waals surface area contributed by atoms with Crippen LogP contribution >= 0.6 is 11.6 Å². The Kier molecular flexibility index (Phi) is 9.50. The molecule has 0 spiro atoms. The third-order valence-corrected chi connectivity index (χ3v) is 5.14. The van der Waals surface area contributed by atoms with E-state index in [9.17, 15) is 28.1 Å². The molecule has 3 aromatic carbocycles. The molecule has 1 N–H and O–H groups in total. The third-order valence-electron chi connectivity index (χ3n) is 4.91. The zero-order valence-corrected chi connectivity index (χ0v) is 21.1. The highest BCUT2D eigenvalue weighted by Gasteiger charge is 2.33. The standard InChI is InChI=1S/C26H21ClF3N3O6/c1-3-11-38-23-8-5-16(13-24(23)37-4-2)25(34)32-31-15-17-12-19(27)7-10-21(17)39-22-9-6-18(26(28,29)30)14-20(22)33(35)36/h3,5-10,12-15H,1,4,11H2,2H3,(H,32,34)/b31-15+. The number of ether oxygens (including phenoxy) is 3. The number of hydrazone groups is 1. The van der Waals surface area contributed by atoms with Crippen LogP contribution in [0.4, 0.5) is 18.9 Å². The molecule has 0 aliphatic rings. The van der Waals surface area contributed by atoms with Gasteiger partial charge in [-0.2, -0.15) is 18.3 Å². The number of nitrogens with zero attached hydrogens (tertiary/aromatic N) is 2. The van der Waals surface area contributed by atoms with Crippen LogP contribution in [0.5, 0.6) is 23.0 Å². The summed E-state index contributed by atoms with van der Waals surface area (Å²) in [6.07, 6.45) is -2.05. The van der Waals surface area contributed by atoms with Crippen molar-refractivity contribution < 1.29 is 37.1 Å². The quantitative estimate of drug-likeness (QED) is 0.119. The highest BCUT2D eigenvalue weighted by molar-refractivity contribution is 6.30. The number of rotatable bonds is 11. The lowest BCUT2D eigenvalue weighted by molar-refractivity contribution is -0.385. The maximum Gasteiger partial charge on any atom is 0.416 e. The van der Waals surface area contributed by atoms with Crippen LogP contribution in [0.3, 0.4) is 0 Å². The van der Waals surface area contributed by atoms with E-state index in [4.69, 9.17) is 25.8 Å². The van der Waals surface area contributed by atoms with E-state index in [0.717, 1.165) is 6.07 Å². The van der Waals surface area contributed by atoms with Crippen LogP contribution in [0.15, 0.2) is 72.4 Å². The molecule has 204 valence electrons. The van der Waals surface area contributed by atoms with Crippen LogP contribution in [0, 0.1) is 10.1 Å². The highest BCUT2D eigenvalue weighted by Crippen LogP contribution is 2.38. The van der Waals surface area contributed by atoms with Crippen molar-refractivity contribution in [3.05, 3.63) is 99.1 Å². The fourth-order valence-corrected chi connectivity index (χ4v) is 3.35. The number of carbonyl (C=O) groups is 1. The zero-order chi connectivity index (χ0) is 28.6. The number of nitro benzene ring substituents is 1. The number of nitro groups is 1. The maximum atomic E-state index is 13.0. The first kappa shape index (κ1) is 29.0. The average molecular weight is 564 g/mol. The van der Waals surface area contributed by atoms with Gasteiger partial charge < -0.3 is 14.2 Å². The van der Waals surface area contributed by atoms with Gasteiger partial charge in [0.25, 0.3) is 5.91 Å². The lowest BCUT2D eigenvalue weighted by Gasteiger charge is -2.12. The summed E-state index contributed by atoms with van der Waals surface area (Å²) in [5.41, 5.74) is 0.636. The fourth-order valence-electron chi connectivity index (χ4n) is 3.16. The predicted octanol–water partition coefficient (Wildman–Crippen LogP) is 6.79. The van der Waals surface area contributed by atoms with Crippen molar-refractivity contribution in [3.8, 4) is 23.0 Å². The molecule has 0 atom stereocenters. The molecule has 3 rings (SSSR count). The van der Waals surface area contributed by atoms with Gasteiger partial charge in [-0.3, -0.25) is 14.9 Å². The van der Waals surface area contributed by atoms with Crippen LogP contribution in [0.25, 0.3) is 0 Å². The molecule has 0 heterocycles. The van der Waals surface area contributed by atoms with Gasteiger partial charge in [0.05, 0.1) is 23.3 Å². The summed E-state index contributed by atoms with van der Waals surface area (Å²) in [5.74, 6) is -0.265. The first-order valence-corrected chi connectivity index (χ1v) is 11.6. The van der Waals surface area contributed by atoms with Gasteiger partial charge in [0.2, 0.25) is 5.75 Å². The van der Waals surface area contributed by atoms with E-state index in [2.05, 4.69) is 17.1 Å². The summed E-state index contributed by atoms with van der Waals surface area (Å²) < 4.78 is 55.6. The molecule has 0 radical (unpaired) electrons. The van der Waals surface area contributed by atoms with E-state index in [1.54, 1.807) is 19.1 Å². The molecule has 0 aliphatic heterocycles. The summed E-state index contributed by atoms with van der Waals surface area (Å²) in [5, 5.41) is 15.5. The van der Waals surface area contributed by atoms with Crippen molar-refractivity contribution >= 4 is 29.4 Å².